The van der Waals surface area contributed by atoms with Crippen molar-refractivity contribution in [1.82, 2.24) is 5.32 Å². The zero-order valence-corrected chi connectivity index (χ0v) is 8.28. The fourth-order valence-corrected chi connectivity index (χ4v) is 1.05. The molecule has 0 spiro atoms. The van der Waals surface area contributed by atoms with Gasteiger partial charge >= 0.3 is 0 Å². The van der Waals surface area contributed by atoms with Crippen LogP contribution in [-0.4, -0.2) is 7.05 Å². The van der Waals surface area contributed by atoms with Gasteiger partial charge in [-0.2, -0.15) is 0 Å². The summed E-state index contributed by atoms with van der Waals surface area (Å²) in [6.45, 7) is 6.71. The van der Waals surface area contributed by atoms with Crippen molar-refractivity contribution in [2.45, 2.75) is 40.0 Å². The number of allylic oxidation sites excluding steroid dienone is 2. The lowest BCUT2D eigenvalue weighted by molar-refractivity contribution is 0.541. The van der Waals surface area contributed by atoms with Gasteiger partial charge in [0, 0.05) is 12.7 Å². The molecule has 0 heterocycles. The van der Waals surface area contributed by atoms with Gasteiger partial charge in [-0.1, -0.05) is 33.3 Å². The third-order valence-electron chi connectivity index (χ3n) is 2.04. The molecule has 1 N–H and O–H groups in total. The molecule has 0 amide bonds. The Balaban J connectivity index is 3.77. The summed E-state index contributed by atoms with van der Waals surface area (Å²) in [7, 11) is 2.00. The minimum Gasteiger partial charge on any atom is -0.392 e. The van der Waals surface area contributed by atoms with Gasteiger partial charge in [-0.05, 0) is 18.8 Å². The van der Waals surface area contributed by atoms with Gasteiger partial charge in [0.15, 0.2) is 0 Å². The van der Waals surface area contributed by atoms with E-state index in [1.54, 1.807) is 0 Å². The van der Waals surface area contributed by atoms with Crippen molar-refractivity contribution < 1.29 is 0 Å². The van der Waals surface area contributed by atoms with Crippen molar-refractivity contribution in [3.63, 3.8) is 0 Å². The van der Waals surface area contributed by atoms with Crippen molar-refractivity contribution in [3.05, 3.63) is 11.8 Å². The summed E-state index contributed by atoms with van der Waals surface area (Å²) in [5.41, 5.74) is 1.39. The fraction of sp³-hybridized carbons (Fsp3) is 0.800. The monoisotopic (exact) mass is 155 g/mol. The smallest absolute Gasteiger partial charge is 0.00660 e. The molecule has 1 atom stereocenters. The summed E-state index contributed by atoms with van der Waals surface area (Å²) in [4.78, 5) is 0. The highest BCUT2D eigenvalue weighted by molar-refractivity contribution is 4.98. The lowest BCUT2D eigenvalue weighted by atomic mass is 10.0. The molecule has 0 aromatic heterocycles. The Hall–Kier alpha value is -0.460. The second-order valence-electron chi connectivity index (χ2n) is 3.11. The lowest BCUT2D eigenvalue weighted by Gasteiger charge is -2.11. The third-order valence-corrected chi connectivity index (χ3v) is 2.04. The van der Waals surface area contributed by atoms with E-state index in [9.17, 15) is 0 Å². The van der Waals surface area contributed by atoms with Crippen LogP contribution in [0.4, 0.5) is 0 Å². The molecule has 0 aliphatic carbocycles. The van der Waals surface area contributed by atoms with E-state index in [1.807, 2.05) is 7.05 Å². The molecule has 1 nitrogen and oxygen atoms in total. The maximum absolute atomic E-state index is 3.23. The Kier molecular flexibility index (Phi) is 6.00. The molecule has 1 heteroatoms. The Morgan fingerprint density at radius 2 is 2.09 bits per heavy atom. The van der Waals surface area contributed by atoms with Crippen LogP contribution >= 0.6 is 0 Å². The van der Waals surface area contributed by atoms with Gasteiger partial charge in [0.2, 0.25) is 0 Å². The molecular formula is C10H21N. The van der Waals surface area contributed by atoms with Gasteiger partial charge in [0.05, 0.1) is 0 Å². The number of hydrogen-bond acceptors (Lipinski definition) is 1. The van der Waals surface area contributed by atoms with E-state index < -0.39 is 0 Å². The van der Waals surface area contributed by atoms with Crippen LogP contribution in [0.2, 0.25) is 0 Å². The molecular weight excluding hydrogens is 134 g/mol. The van der Waals surface area contributed by atoms with Gasteiger partial charge < -0.3 is 5.32 Å². The largest absolute Gasteiger partial charge is 0.392 e. The van der Waals surface area contributed by atoms with Crippen molar-refractivity contribution >= 4 is 0 Å². The fourth-order valence-electron chi connectivity index (χ4n) is 1.05. The molecule has 0 fully saturated rings. The molecule has 0 saturated heterocycles. The summed E-state index contributed by atoms with van der Waals surface area (Å²) in [6.07, 6.45) is 5.86. The summed E-state index contributed by atoms with van der Waals surface area (Å²) >= 11 is 0. The van der Waals surface area contributed by atoms with Gasteiger partial charge in [-0.3, -0.25) is 0 Å². The Morgan fingerprint density at radius 3 is 2.45 bits per heavy atom. The van der Waals surface area contributed by atoms with Crippen molar-refractivity contribution in [2.75, 3.05) is 7.05 Å². The van der Waals surface area contributed by atoms with Crippen molar-refractivity contribution in [1.29, 1.82) is 0 Å². The van der Waals surface area contributed by atoms with Crippen LogP contribution in [0, 0.1) is 5.92 Å². The van der Waals surface area contributed by atoms with Crippen LogP contribution in [-0.2, 0) is 0 Å². The highest BCUT2D eigenvalue weighted by Gasteiger charge is 2.00. The zero-order valence-electron chi connectivity index (χ0n) is 8.28. The van der Waals surface area contributed by atoms with Gasteiger partial charge in [-0.15, -0.1) is 0 Å². The van der Waals surface area contributed by atoms with Gasteiger partial charge in [0.1, 0.15) is 0 Å². The van der Waals surface area contributed by atoms with E-state index in [-0.39, 0.29) is 0 Å². The topological polar surface area (TPSA) is 12.0 Å². The van der Waals surface area contributed by atoms with Gasteiger partial charge in [-0.25, -0.2) is 0 Å². The summed E-state index contributed by atoms with van der Waals surface area (Å²) in [6, 6.07) is 0. The van der Waals surface area contributed by atoms with E-state index in [0.29, 0.717) is 0 Å². The molecule has 0 bridgehead atoms. The quantitative estimate of drug-likeness (QED) is 0.643. The summed E-state index contributed by atoms with van der Waals surface area (Å²) in [5.74, 6) is 0.806. The van der Waals surface area contributed by atoms with E-state index in [0.717, 1.165) is 12.3 Å². The highest BCUT2D eigenvalue weighted by atomic mass is 14.8. The normalized spacial score (nSPS) is 14.7. The maximum Gasteiger partial charge on any atom is 0.00660 e. The van der Waals surface area contributed by atoms with Gasteiger partial charge in [0.25, 0.3) is 0 Å². The van der Waals surface area contributed by atoms with Crippen LogP contribution in [0.15, 0.2) is 11.8 Å². The van der Waals surface area contributed by atoms with Crippen LogP contribution in [0.3, 0.4) is 0 Å². The van der Waals surface area contributed by atoms with Crippen LogP contribution in [0.1, 0.15) is 40.0 Å². The van der Waals surface area contributed by atoms with Crippen LogP contribution in [0.25, 0.3) is 0 Å². The predicted molar refractivity (Wildman–Crippen MR) is 51.5 cm³/mol. The average molecular weight is 155 g/mol. The Morgan fingerprint density at radius 1 is 1.45 bits per heavy atom. The first-order chi connectivity index (χ1) is 5.24. The molecule has 0 rings (SSSR count). The second kappa shape index (κ2) is 6.26. The lowest BCUT2D eigenvalue weighted by Crippen LogP contribution is -2.09. The van der Waals surface area contributed by atoms with Crippen LogP contribution in [0.5, 0.6) is 0 Å². The molecule has 0 saturated carbocycles. The molecule has 0 aliphatic rings. The summed E-state index contributed by atoms with van der Waals surface area (Å²) in [5, 5.41) is 3.23. The number of hydrogen-bond donors (Lipinski definition) is 1. The minimum atomic E-state index is 0.806. The minimum absolute atomic E-state index is 0.806. The number of nitrogens with one attached hydrogen (secondary N) is 1. The molecule has 0 aliphatic heterocycles. The molecule has 66 valence electrons. The highest BCUT2D eigenvalue weighted by Crippen LogP contribution is 2.12. The van der Waals surface area contributed by atoms with E-state index in [2.05, 4.69) is 32.2 Å². The first-order valence-electron chi connectivity index (χ1n) is 4.61. The summed E-state index contributed by atoms with van der Waals surface area (Å²) < 4.78 is 0. The predicted octanol–water partition coefficient (Wildman–Crippen LogP) is 2.94. The second-order valence-corrected chi connectivity index (χ2v) is 3.11. The molecule has 0 aromatic carbocycles. The molecule has 0 aromatic rings. The Labute approximate surface area is 70.9 Å². The first-order valence-corrected chi connectivity index (χ1v) is 4.61. The maximum atomic E-state index is 3.23. The molecule has 11 heavy (non-hydrogen) atoms. The van der Waals surface area contributed by atoms with Crippen LogP contribution < -0.4 is 5.32 Å². The number of rotatable bonds is 5. The molecule has 0 radical (unpaired) electrons. The third kappa shape index (κ3) is 4.88. The van der Waals surface area contributed by atoms with Crippen molar-refractivity contribution in [3.8, 4) is 0 Å². The standard InChI is InChI=1S/C10H21N/c1-5-7-10(11-4)8-9(3)6-2/h7,9,11H,5-6,8H2,1-4H3/b10-7+. The van der Waals surface area contributed by atoms with Crippen molar-refractivity contribution in [2.24, 2.45) is 5.92 Å². The average Bonchev–Trinajstić information content (AvgIpc) is 2.03. The Bertz CT molecular complexity index is 116. The molecule has 1 unspecified atom stereocenters. The van der Waals surface area contributed by atoms with E-state index >= 15 is 0 Å². The SMILES string of the molecule is CC/C=C(\CC(C)CC)NC. The van der Waals surface area contributed by atoms with E-state index in [1.165, 1.54) is 18.5 Å². The zero-order chi connectivity index (χ0) is 8.69. The van der Waals surface area contributed by atoms with E-state index in [4.69, 9.17) is 0 Å². The first kappa shape index (κ1) is 10.5.